The van der Waals surface area contributed by atoms with Crippen LogP contribution in [0.15, 0.2) is 36.4 Å². The molecule has 2 aromatic rings. The lowest BCUT2D eigenvalue weighted by atomic mass is 10.2. The number of anilines is 2. The van der Waals surface area contributed by atoms with E-state index in [1.54, 1.807) is 36.4 Å². The maximum absolute atomic E-state index is 8.79. The summed E-state index contributed by atoms with van der Waals surface area (Å²) in [4.78, 5) is 0. The van der Waals surface area contributed by atoms with Gasteiger partial charge in [0, 0.05) is 5.69 Å². The van der Waals surface area contributed by atoms with Crippen LogP contribution in [0, 0.1) is 11.3 Å². The van der Waals surface area contributed by atoms with Crippen LogP contribution in [0.3, 0.4) is 0 Å². The zero-order chi connectivity index (χ0) is 13.1. The van der Waals surface area contributed by atoms with E-state index >= 15 is 0 Å². The SMILES string of the molecule is N#Cc1ccc(Nc2c(Cl)cccc2Cl)cc1Cl. The van der Waals surface area contributed by atoms with Crippen LogP contribution in [0.25, 0.3) is 0 Å². The second-order valence-electron chi connectivity index (χ2n) is 3.53. The maximum atomic E-state index is 8.79. The highest BCUT2D eigenvalue weighted by molar-refractivity contribution is 6.39. The number of benzene rings is 2. The van der Waals surface area contributed by atoms with Gasteiger partial charge in [-0.15, -0.1) is 0 Å². The van der Waals surface area contributed by atoms with Crippen LogP contribution in [0.4, 0.5) is 11.4 Å². The fourth-order valence-electron chi connectivity index (χ4n) is 1.45. The molecule has 90 valence electrons. The molecule has 0 unspecified atom stereocenters. The molecule has 1 N–H and O–H groups in total. The van der Waals surface area contributed by atoms with Crippen LogP contribution in [-0.2, 0) is 0 Å². The Bertz CT molecular complexity index is 612. The van der Waals surface area contributed by atoms with Crippen LogP contribution in [0.1, 0.15) is 5.56 Å². The number of nitrogens with zero attached hydrogens (tertiary/aromatic N) is 1. The third-order valence-corrected chi connectivity index (χ3v) is 3.26. The Balaban J connectivity index is 2.35. The molecule has 0 saturated carbocycles. The average Bonchev–Trinajstić information content (AvgIpc) is 2.34. The Morgan fingerprint density at radius 2 is 1.61 bits per heavy atom. The Kier molecular flexibility index (Phi) is 3.98. The van der Waals surface area contributed by atoms with Gasteiger partial charge < -0.3 is 5.32 Å². The van der Waals surface area contributed by atoms with Gasteiger partial charge in [0.05, 0.1) is 26.3 Å². The number of hydrogen-bond donors (Lipinski definition) is 1. The van der Waals surface area contributed by atoms with Gasteiger partial charge in [-0.1, -0.05) is 40.9 Å². The minimum atomic E-state index is 0.380. The molecule has 2 nitrogen and oxygen atoms in total. The number of hydrogen-bond acceptors (Lipinski definition) is 2. The first-order valence-corrected chi connectivity index (χ1v) is 6.16. The molecular weight excluding hydrogens is 291 g/mol. The summed E-state index contributed by atoms with van der Waals surface area (Å²) >= 11 is 18.0. The minimum absolute atomic E-state index is 0.380. The van der Waals surface area contributed by atoms with E-state index in [9.17, 15) is 0 Å². The van der Waals surface area contributed by atoms with Crippen LogP contribution in [-0.4, -0.2) is 0 Å². The molecule has 0 aliphatic carbocycles. The van der Waals surface area contributed by atoms with Gasteiger partial charge in [-0.05, 0) is 30.3 Å². The van der Waals surface area contributed by atoms with E-state index < -0.39 is 0 Å². The molecule has 2 aromatic carbocycles. The molecule has 0 spiro atoms. The summed E-state index contributed by atoms with van der Waals surface area (Å²) < 4.78 is 0. The maximum Gasteiger partial charge on any atom is 0.101 e. The number of para-hydroxylation sites is 1. The predicted octanol–water partition coefficient (Wildman–Crippen LogP) is 5.26. The largest absolute Gasteiger partial charge is 0.353 e. The summed E-state index contributed by atoms with van der Waals surface area (Å²) in [6.07, 6.45) is 0. The van der Waals surface area contributed by atoms with Crippen molar-refractivity contribution in [1.82, 2.24) is 0 Å². The molecule has 5 heteroatoms. The van der Waals surface area contributed by atoms with Crippen LogP contribution in [0.5, 0.6) is 0 Å². The number of halogens is 3. The van der Waals surface area contributed by atoms with E-state index in [0.29, 0.717) is 32.0 Å². The lowest BCUT2D eigenvalue weighted by Crippen LogP contribution is -1.93. The summed E-state index contributed by atoms with van der Waals surface area (Å²) in [6, 6.07) is 12.3. The molecule has 0 amide bonds. The van der Waals surface area contributed by atoms with Gasteiger partial charge >= 0.3 is 0 Å². The quantitative estimate of drug-likeness (QED) is 0.820. The van der Waals surface area contributed by atoms with E-state index in [-0.39, 0.29) is 0 Å². The van der Waals surface area contributed by atoms with Crippen LogP contribution in [0.2, 0.25) is 15.1 Å². The molecule has 0 atom stereocenters. The predicted molar refractivity (Wildman–Crippen MR) is 75.9 cm³/mol. The van der Waals surface area contributed by atoms with Crippen molar-refractivity contribution in [2.75, 3.05) is 5.32 Å². The summed E-state index contributed by atoms with van der Waals surface area (Å²) in [5, 5.41) is 13.3. The first kappa shape index (κ1) is 13.0. The van der Waals surface area contributed by atoms with Gasteiger partial charge in [0.15, 0.2) is 0 Å². The van der Waals surface area contributed by atoms with Gasteiger partial charge in [0.1, 0.15) is 6.07 Å². The monoisotopic (exact) mass is 296 g/mol. The van der Waals surface area contributed by atoms with Crippen molar-refractivity contribution in [2.24, 2.45) is 0 Å². The van der Waals surface area contributed by atoms with Crippen molar-refractivity contribution < 1.29 is 0 Å². The van der Waals surface area contributed by atoms with Gasteiger partial charge in [-0.25, -0.2) is 0 Å². The molecule has 18 heavy (non-hydrogen) atoms. The first-order valence-electron chi connectivity index (χ1n) is 5.02. The van der Waals surface area contributed by atoms with Crippen molar-refractivity contribution >= 4 is 46.2 Å². The minimum Gasteiger partial charge on any atom is -0.353 e. The number of rotatable bonds is 2. The van der Waals surface area contributed by atoms with E-state index in [4.69, 9.17) is 40.1 Å². The molecule has 0 aromatic heterocycles. The molecule has 0 saturated heterocycles. The first-order chi connectivity index (χ1) is 8.61. The van der Waals surface area contributed by atoms with Gasteiger partial charge in [-0.2, -0.15) is 5.26 Å². The zero-order valence-corrected chi connectivity index (χ0v) is 11.3. The fourth-order valence-corrected chi connectivity index (χ4v) is 2.16. The molecule has 0 aliphatic heterocycles. The normalized spacial score (nSPS) is 9.89. The number of nitriles is 1. The summed E-state index contributed by atoms with van der Waals surface area (Å²) in [5.74, 6) is 0. The van der Waals surface area contributed by atoms with Crippen molar-refractivity contribution in [1.29, 1.82) is 5.26 Å². The molecule has 2 rings (SSSR count). The standard InChI is InChI=1S/C13H7Cl3N2/c14-10-2-1-3-11(15)13(10)18-9-5-4-8(7-17)12(16)6-9/h1-6,18H. The van der Waals surface area contributed by atoms with Crippen molar-refractivity contribution in [3.8, 4) is 6.07 Å². The molecule has 0 heterocycles. The Hall–Kier alpha value is -1.40. The van der Waals surface area contributed by atoms with E-state index in [1.165, 1.54) is 0 Å². The summed E-state index contributed by atoms with van der Waals surface area (Å²) in [7, 11) is 0. The molecule has 0 bridgehead atoms. The van der Waals surface area contributed by atoms with Gasteiger partial charge in [-0.3, -0.25) is 0 Å². The van der Waals surface area contributed by atoms with E-state index in [1.807, 2.05) is 6.07 Å². The second-order valence-corrected chi connectivity index (χ2v) is 4.75. The highest BCUT2D eigenvalue weighted by atomic mass is 35.5. The highest BCUT2D eigenvalue weighted by Gasteiger charge is 2.07. The smallest absolute Gasteiger partial charge is 0.101 e. The topological polar surface area (TPSA) is 35.8 Å². The molecule has 0 fully saturated rings. The summed E-state index contributed by atoms with van der Waals surface area (Å²) in [5.41, 5.74) is 1.75. The van der Waals surface area contributed by atoms with E-state index in [0.717, 1.165) is 0 Å². The molecule has 0 radical (unpaired) electrons. The Morgan fingerprint density at radius 3 is 2.17 bits per heavy atom. The summed E-state index contributed by atoms with van der Waals surface area (Å²) in [6.45, 7) is 0. The fraction of sp³-hybridized carbons (Fsp3) is 0. The Morgan fingerprint density at radius 1 is 0.944 bits per heavy atom. The van der Waals surface area contributed by atoms with Crippen LogP contribution < -0.4 is 5.32 Å². The van der Waals surface area contributed by atoms with Crippen molar-refractivity contribution in [3.63, 3.8) is 0 Å². The van der Waals surface area contributed by atoms with E-state index in [2.05, 4.69) is 5.32 Å². The highest BCUT2D eigenvalue weighted by Crippen LogP contribution is 2.33. The number of nitrogens with one attached hydrogen (secondary N) is 1. The third kappa shape index (κ3) is 2.70. The zero-order valence-electron chi connectivity index (χ0n) is 9.05. The van der Waals surface area contributed by atoms with Gasteiger partial charge in [0.25, 0.3) is 0 Å². The van der Waals surface area contributed by atoms with Crippen molar-refractivity contribution in [2.45, 2.75) is 0 Å². The Labute approximate surface area is 120 Å². The van der Waals surface area contributed by atoms with Crippen molar-refractivity contribution in [3.05, 3.63) is 57.0 Å². The lowest BCUT2D eigenvalue weighted by Gasteiger charge is -2.10. The third-order valence-electron chi connectivity index (χ3n) is 2.32. The van der Waals surface area contributed by atoms with Crippen LogP contribution >= 0.6 is 34.8 Å². The second kappa shape index (κ2) is 5.49. The lowest BCUT2D eigenvalue weighted by molar-refractivity contribution is 1.47. The average molecular weight is 298 g/mol. The molecule has 0 aliphatic rings. The van der Waals surface area contributed by atoms with Gasteiger partial charge in [0.2, 0.25) is 0 Å². The molecular formula is C13H7Cl3N2.